The molecule has 29 heavy (non-hydrogen) atoms. The molecule has 9 heteroatoms. The minimum Gasteiger partial charge on any atom is -0.454 e. The SMILES string of the molecule is O=C(CNC(=O)c1ccc2c(c1)OCO2)NCc1ccc(-n2ccnc2)c(F)c1. The van der Waals surface area contributed by atoms with Gasteiger partial charge < -0.3 is 24.7 Å². The van der Waals surface area contributed by atoms with Crippen molar-refractivity contribution in [3.05, 3.63) is 72.1 Å². The lowest BCUT2D eigenvalue weighted by Crippen LogP contribution is -2.36. The van der Waals surface area contributed by atoms with Gasteiger partial charge in [-0.15, -0.1) is 0 Å². The molecule has 0 fully saturated rings. The maximum atomic E-state index is 14.2. The summed E-state index contributed by atoms with van der Waals surface area (Å²) < 4.78 is 26.2. The summed E-state index contributed by atoms with van der Waals surface area (Å²) in [6.45, 7) is 0.0510. The summed E-state index contributed by atoms with van der Waals surface area (Å²) in [5.74, 6) is -0.160. The highest BCUT2D eigenvalue weighted by Crippen LogP contribution is 2.32. The Hall–Kier alpha value is -3.88. The number of aromatic nitrogens is 2. The van der Waals surface area contributed by atoms with Crippen LogP contribution in [0.15, 0.2) is 55.1 Å². The number of halogens is 1. The van der Waals surface area contributed by atoms with Crippen LogP contribution in [0.4, 0.5) is 4.39 Å². The Labute approximate surface area is 165 Å². The fourth-order valence-corrected chi connectivity index (χ4v) is 2.83. The number of fused-ring (bicyclic) bond motifs is 1. The van der Waals surface area contributed by atoms with Gasteiger partial charge in [-0.2, -0.15) is 0 Å². The fraction of sp³-hybridized carbons (Fsp3) is 0.150. The lowest BCUT2D eigenvalue weighted by molar-refractivity contribution is -0.120. The van der Waals surface area contributed by atoms with E-state index in [1.165, 1.54) is 12.4 Å². The number of carbonyl (C=O) groups excluding carboxylic acids is 2. The molecule has 2 amide bonds. The average molecular weight is 396 g/mol. The van der Waals surface area contributed by atoms with Crippen molar-refractivity contribution >= 4 is 11.8 Å². The zero-order valence-electron chi connectivity index (χ0n) is 15.2. The number of imidazole rings is 1. The maximum absolute atomic E-state index is 14.2. The molecule has 0 saturated heterocycles. The molecule has 2 aromatic carbocycles. The number of ether oxygens (including phenoxy) is 2. The number of hydrogen-bond acceptors (Lipinski definition) is 5. The van der Waals surface area contributed by atoms with E-state index in [2.05, 4.69) is 15.6 Å². The van der Waals surface area contributed by atoms with Gasteiger partial charge >= 0.3 is 0 Å². The standard InChI is InChI=1S/C20H17FN4O4/c21-15-7-13(1-3-16(15)25-6-5-22-11-25)9-23-19(26)10-24-20(27)14-2-4-17-18(8-14)29-12-28-17/h1-8,11H,9-10,12H2,(H,23,26)(H,24,27). The lowest BCUT2D eigenvalue weighted by atomic mass is 10.2. The Balaban J connectivity index is 1.28. The zero-order chi connectivity index (χ0) is 20.2. The van der Waals surface area contributed by atoms with Crippen LogP contribution in [0.1, 0.15) is 15.9 Å². The largest absolute Gasteiger partial charge is 0.454 e. The smallest absolute Gasteiger partial charge is 0.251 e. The van der Waals surface area contributed by atoms with Gasteiger partial charge in [-0.05, 0) is 35.9 Å². The molecule has 148 valence electrons. The van der Waals surface area contributed by atoms with Crippen molar-refractivity contribution in [3.63, 3.8) is 0 Å². The van der Waals surface area contributed by atoms with Gasteiger partial charge in [0.25, 0.3) is 5.91 Å². The van der Waals surface area contributed by atoms with Gasteiger partial charge in [-0.1, -0.05) is 6.07 Å². The summed E-state index contributed by atoms with van der Waals surface area (Å²) >= 11 is 0. The van der Waals surface area contributed by atoms with E-state index in [0.29, 0.717) is 28.3 Å². The van der Waals surface area contributed by atoms with Crippen LogP contribution in [0, 0.1) is 5.82 Å². The van der Waals surface area contributed by atoms with E-state index in [9.17, 15) is 14.0 Å². The molecule has 2 N–H and O–H groups in total. The Bertz CT molecular complexity index is 1050. The van der Waals surface area contributed by atoms with Crippen molar-refractivity contribution in [2.75, 3.05) is 13.3 Å². The molecule has 1 aliphatic heterocycles. The summed E-state index contributed by atoms with van der Waals surface area (Å²) in [7, 11) is 0. The Morgan fingerprint density at radius 1 is 1.10 bits per heavy atom. The van der Waals surface area contributed by atoms with Gasteiger partial charge in [0.05, 0.1) is 18.6 Å². The summed E-state index contributed by atoms with van der Waals surface area (Å²) in [6, 6.07) is 9.45. The normalized spacial score (nSPS) is 11.9. The van der Waals surface area contributed by atoms with Crippen LogP contribution in [0.2, 0.25) is 0 Å². The van der Waals surface area contributed by atoms with Crippen LogP contribution in [-0.4, -0.2) is 34.7 Å². The summed E-state index contributed by atoms with van der Waals surface area (Å²) in [5, 5.41) is 5.18. The second-order valence-electron chi connectivity index (χ2n) is 6.28. The third kappa shape index (κ3) is 4.18. The van der Waals surface area contributed by atoms with Crippen LogP contribution in [0.25, 0.3) is 5.69 Å². The summed E-state index contributed by atoms with van der Waals surface area (Å²) in [6.07, 6.45) is 4.71. The van der Waals surface area contributed by atoms with E-state index < -0.39 is 17.6 Å². The molecule has 1 aromatic heterocycles. The lowest BCUT2D eigenvalue weighted by Gasteiger charge is -2.09. The predicted octanol–water partition coefficient (Wildman–Crippen LogP) is 1.79. The number of carbonyl (C=O) groups is 2. The van der Waals surface area contributed by atoms with Gasteiger partial charge in [0.1, 0.15) is 5.82 Å². The highest BCUT2D eigenvalue weighted by Gasteiger charge is 2.16. The quantitative estimate of drug-likeness (QED) is 0.663. The van der Waals surface area contributed by atoms with Crippen LogP contribution >= 0.6 is 0 Å². The highest BCUT2D eigenvalue weighted by atomic mass is 19.1. The van der Waals surface area contributed by atoms with E-state index in [1.807, 2.05) is 0 Å². The average Bonchev–Trinajstić information content (AvgIpc) is 3.41. The minimum absolute atomic E-state index is 0.118. The Kier molecular flexibility index (Phi) is 5.10. The van der Waals surface area contributed by atoms with Crippen molar-refractivity contribution in [1.82, 2.24) is 20.2 Å². The molecule has 0 unspecified atom stereocenters. The minimum atomic E-state index is -0.425. The van der Waals surface area contributed by atoms with E-state index in [1.54, 1.807) is 47.3 Å². The molecule has 8 nitrogen and oxygen atoms in total. The van der Waals surface area contributed by atoms with E-state index in [0.717, 1.165) is 0 Å². The third-order valence-electron chi connectivity index (χ3n) is 4.33. The molecular weight excluding hydrogens is 379 g/mol. The molecule has 1 aliphatic rings. The number of nitrogens with zero attached hydrogens (tertiary/aromatic N) is 2. The second-order valence-corrected chi connectivity index (χ2v) is 6.28. The predicted molar refractivity (Wildman–Crippen MR) is 100 cm³/mol. The molecule has 0 aliphatic carbocycles. The number of nitrogens with one attached hydrogen (secondary N) is 2. The third-order valence-corrected chi connectivity index (χ3v) is 4.33. The maximum Gasteiger partial charge on any atom is 0.251 e. The summed E-state index contributed by atoms with van der Waals surface area (Å²) in [5.41, 5.74) is 1.33. The number of benzene rings is 2. The molecule has 0 bridgehead atoms. The second kappa shape index (κ2) is 8.01. The van der Waals surface area contributed by atoms with Crippen molar-refractivity contribution < 1.29 is 23.5 Å². The van der Waals surface area contributed by atoms with Crippen molar-refractivity contribution in [2.24, 2.45) is 0 Å². The van der Waals surface area contributed by atoms with Gasteiger partial charge in [0.2, 0.25) is 12.7 Å². The highest BCUT2D eigenvalue weighted by molar-refractivity contribution is 5.97. The molecule has 4 rings (SSSR count). The monoisotopic (exact) mass is 396 g/mol. The van der Waals surface area contributed by atoms with Crippen LogP contribution in [-0.2, 0) is 11.3 Å². The van der Waals surface area contributed by atoms with Crippen molar-refractivity contribution in [2.45, 2.75) is 6.54 Å². The molecular formula is C20H17FN4O4. The van der Waals surface area contributed by atoms with Gasteiger partial charge in [0.15, 0.2) is 11.5 Å². The van der Waals surface area contributed by atoms with E-state index in [-0.39, 0.29) is 19.9 Å². The molecule has 2 heterocycles. The molecule has 0 saturated carbocycles. The van der Waals surface area contributed by atoms with Crippen LogP contribution in [0.3, 0.4) is 0 Å². The van der Waals surface area contributed by atoms with Crippen LogP contribution < -0.4 is 20.1 Å². The van der Waals surface area contributed by atoms with Crippen molar-refractivity contribution in [3.8, 4) is 17.2 Å². The molecule has 0 spiro atoms. The topological polar surface area (TPSA) is 94.5 Å². The molecule has 3 aromatic rings. The first kappa shape index (κ1) is 18.5. The Morgan fingerprint density at radius 2 is 1.97 bits per heavy atom. The number of rotatable bonds is 6. The number of hydrogen-bond donors (Lipinski definition) is 2. The van der Waals surface area contributed by atoms with Crippen molar-refractivity contribution in [1.29, 1.82) is 0 Å². The zero-order valence-corrected chi connectivity index (χ0v) is 15.2. The first-order valence-electron chi connectivity index (χ1n) is 8.81. The first-order chi connectivity index (χ1) is 14.1. The fourth-order valence-electron chi connectivity index (χ4n) is 2.83. The molecule has 0 atom stereocenters. The van der Waals surface area contributed by atoms with Crippen LogP contribution in [0.5, 0.6) is 11.5 Å². The van der Waals surface area contributed by atoms with Gasteiger partial charge in [-0.25, -0.2) is 9.37 Å². The first-order valence-corrected chi connectivity index (χ1v) is 8.81. The number of amides is 2. The van der Waals surface area contributed by atoms with E-state index in [4.69, 9.17) is 9.47 Å². The molecule has 0 radical (unpaired) electrons. The van der Waals surface area contributed by atoms with E-state index >= 15 is 0 Å². The Morgan fingerprint density at radius 3 is 2.76 bits per heavy atom. The van der Waals surface area contributed by atoms with Gasteiger partial charge in [-0.3, -0.25) is 9.59 Å². The summed E-state index contributed by atoms with van der Waals surface area (Å²) in [4.78, 5) is 28.1. The van der Waals surface area contributed by atoms with Gasteiger partial charge in [0, 0.05) is 24.5 Å².